The summed E-state index contributed by atoms with van der Waals surface area (Å²) in [6, 6.07) is 0.338. The van der Waals surface area contributed by atoms with Crippen LogP contribution in [0.5, 0.6) is 0 Å². The fraction of sp³-hybridized carbons (Fsp3) is 0.818. The number of likely N-dealkylation sites (N-methyl/N-ethyl adjacent to an activating group) is 1. The Morgan fingerprint density at radius 2 is 2.18 bits per heavy atom. The molecule has 5 nitrogen and oxygen atoms in total. The summed E-state index contributed by atoms with van der Waals surface area (Å²) in [6.45, 7) is 0.288. The molecule has 1 saturated carbocycles. The standard InChI is InChI=1S/C11H20N2O3S/c1-13(7-10(15)12-9-3-4-9)11(16)8-17-6-2-5-14/h9,14H,2-8H2,1H3,(H,12,15). The van der Waals surface area contributed by atoms with E-state index in [0.29, 0.717) is 18.2 Å². The summed E-state index contributed by atoms with van der Waals surface area (Å²) < 4.78 is 0. The van der Waals surface area contributed by atoms with E-state index in [-0.39, 0.29) is 25.0 Å². The predicted molar refractivity (Wildman–Crippen MR) is 67.8 cm³/mol. The molecule has 1 rings (SSSR count). The number of hydrogen-bond donors (Lipinski definition) is 2. The van der Waals surface area contributed by atoms with Crippen LogP contribution in [0.25, 0.3) is 0 Å². The highest BCUT2D eigenvalue weighted by atomic mass is 32.2. The number of aliphatic hydroxyl groups is 1. The zero-order valence-electron chi connectivity index (χ0n) is 10.1. The molecule has 0 unspecified atom stereocenters. The molecule has 0 aromatic carbocycles. The number of nitrogens with one attached hydrogen (secondary N) is 1. The second kappa shape index (κ2) is 7.55. The van der Waals surface area contributed by atoms with Gasteiger partial charge in [0.05, 0.1) is 12.3 Å². The van der Waals surface area contributed by atoms with Crippen molar-refractivity contribution < 1.29 is 14.7 Å². The highest BCUT2D eigenvalue weighted by molar-refractivity contribution is 7.99. The molecule has 0 aromatic heterocycles. The summed E-state index contributed by atoms with van der Waals surface area (Å²) in [6.07, 6.45) is 2.81. The number of thioether (sulfide) groups is 1. The van der Waals surface area contributed by atoms with Crippen molar-refractivity contribution in [2.24, 2.45) is 0 Å². The van der Waals surface area contributed by atoms with Gasteiger partial charge in [0.1, 0.15) is 0 Å². The molecule has 6 heteroatoms. The molecule has 2 amide bonds. The van der Waals surface area contributed by atoms with Crippen molar-refractivity contribution in [3.05, 3.63) is 0 Å². The number of carbonyl (C=O) groups excluding carboxylic acids is 2. The number of nitrogens with zero attached hydrogens (tertiary/aromatic N) is 1. The molecule has 0 aromatic rings. The fourth-order valence-corrected chi connectivity index (χ4v) is 2.11. The van der Waals surface area contributed by atoms with Crippen molar-refractivity contribution in [3.8, 4) is 0 Å². The van der Waals surface area contributed by atoms with Gasteiger partial charge in [-0.05, 0) is 25.0 Å². The number of hydrogen-bond acceptors (Lipinski definition) is 4. The third-order valence-electron chi connectivity index (χ3n) is 2.42. The first kappa shape index (κ1) is 14.3. The van der Waals surface area contributed by atoms with Gasteiger partial charge in [0.15, 0.2) is 0 Å². The molecule has 0 heterocycles. The van der Waals surface area contributed by atoms with Crippen molar-refractivity contribution in [2.45, 2.75) is 25.3 Å². The van der Waals surface area contributed by atoms with Gasteiger partial charge in [0.2, 0.25) is 11.8 Å². The van der Waals surface area contributed by atoms with E-state index in [1.54, 1.807) is 7.05 Å². The number of rotatable bonds is 8. The molecule has 0 bridgehead atoms. The molecule has 2 N–H and O–H groups in total. The minimum atomic E-state index is -0.0799. The van der Waals surface area contributed by atoms with Crippen molar-refractivity contribution in [2.75, 3.05) is 31.7 Å². The summed E-state index contributed by atoms with van der Waals surface area (Å²) in [4.78, 5) is 24.5. The number of carbonyl (C=O) groups is 2. The maximum atomic E-state index is 11.6. The zero-order valence-corrected chi connectivity index (χ0v) is 11.0. The molecule has 0 saturated heterocycles. The monoisotopic (exact) mass is 260 g/mol. The quantitative estimate of drug-likeness (QED) is 0.595. The van der Waals surface area contributed by atoms with Crippen LogP contribution in [0.2, 0.25) is 0 Å². The van der Waals surface area contributed by atoms with Gasteiger partial charge in [0, 0.05) is 19.7 Å². The van der Waals surface area contributed by atoms with E-state index in [2.05, 4.69) is 5.32 Å². The first-order valence-corrected chi connectivity index (χ1v) is 7.01. The predicted octanol–water partition coefficient (Wildman–Crippen LogP) is -0.161. The molecule has 1 aliphatic rings. The van der Waals surface area contributed by atoms with Gasteiger partial charge < -0.3 is 15.3 Å². The van der Waals surface area contributed by atoms with E-state index >= 15 is 0 Å². The first-order valence-electron chi connectivity index (χ1n) is 5.85. The molecular formula is C11H20N2O3S. The van der Waals surface area contributed by atoms with Gasteiger partial charge in [-0.25, -0.2) is 0 Å². The molecule has 0 radical (unpaired) electrons. The van der Waals surface area contributed by atoms with Gasteiger partial charge in [-0.2, -0.15) is 11.8 Å². The van der Waals surface area contributed by atoms with E-state index in [9.17, 15) is 9.59 Å². The SMILES string of the molecule is CN(CC(=O)NC1CC1)C(=O)CSCCCO. The van der Waals surface area contributed by atoms with Gasteiger partial charge in [-0.1, -0.05) is 0 Å². The van der Waals surface area contributed by atoms with Crippen molar-refractivity contribution in [1.82, 2.24) is 10.2 Å². The van der Waals surface area contributed by atoms with Crippen LogP contribution in [-0.2, 0) is 9.59 Å². The summed E-state index contributed by atoms with van der Waals surface area (Å²) in [7, 11) is 1.64. The molecule has 1 aliphatic carbocycles. The van der Waals surface area contributed by atoms with Crippen LogP contribution in [0.4, 0.5) is 0 Å². The Morgan fingerprint density at radius 1 is 1.47 bits per heavy atom. The van der Waals surface area contributed by atoms with Crippen LogP contribution >= 0.6 is 11.8 Å². The Morgan fingerprint density at radius 3 is 2.76 bits per heavy atom. The summed E-state index contributed by atoms with van der Waals surface area (Å²) in [5.74, 6) is 1.01. The van der Waals surface area contributed by atoms with Crippen molar-refractivity contribution in [1.29, 1.82) is 0 Å². The third kappa shape index (κ3) is 6.53. The lowest BCUT2D eigenvalue weighted by Gasteiger charge is -2.16. The lowest BCUT2D eigenvalue weighted by Crippen LogP contribution is -2.39. The molecule has 0 spiro atoms. The Hall–Kier alpha value is -0.750. The van der Waals surface area contributed by atoms with E-state index in [1.807, 2.05) is 0 Å². The topological polar surface area (TPSA) is 69.6 Å². The number of amides is 2. The Balaban J connectivity index is 2.09. The van der Waals surface area contributed by atoms with Gasteiger partial charge in [-0.15, -0.1) is 0 Å². The lowest BCUT2D eigenvalue weighted by atomic mass is 10.4. The minimum absolute atomic E-state index is 0.0427. The number of aliphatic hydroxyl groups excluding tert-OH is 1. The minimum Gasteiger partial charge on any atom is -0.396 e. The molecular weight excluding hydrogens is 240 g/mol. The van der Waals surface area contributed by atoms with Crippen LogP contribution in [0.3, 0.4) is 0 Å². The largest absolute Gasteiger partial charge is 0.396 e. The van der Waals surface area contributed by atoms with Gasteiger partial charge in [-0.3, -0.25) is 9.59 Å². The smallest absolute Gasteiger partial charge is 0.239 e. The Kier molecular flexibility index (Phi) is 6.36. The van der Waals surface area contributed by atoms with Gasteiger partial charge in [0.25, 0.3) is 0 Å². The van der Waals surface area contributed by atoms with E-state index in [1.165, 1.54) is 16.7 Å². The second-order valence-corrected chi connectivity index (χ2v) is 5.33. The summed E-state index contributed by atoms with van der Waals surface area (Å²) in [5.41, 5.74) is 0. The molecule has 0 aliphatic heterocycles. The third-order valence-corrected chi connectivity index (χ3v) is 3.45. The van der Waals surface area contributed by atoms with Crippen LogP contribution in [0.1, 0.15) is 19.3 Å². The molecule has 1 fully saturated rings. The van der Waals surface area contributed by atoms with Gasteiger partial charge >= 0.3 is 0 Å². The molecule has 0 atom stereocenters. The maximum absolute atomic E-state index is 11.6. The summed E-state index contributed by atoms with van der Waals surface area (Å²) in [5, 5.41) is 11.4. The van der Waals surface area contributed by atoms with Crippen LogP contribution < -0.4 is 5.32 Å². The fourth-order valence-electron chi connectivity index (χ4n) is 1.24. The normalized spacial score (nSPS) is 14.5. The second-order valence-electron chi connectivity index (χ2n) is 4.22. The van der Waals surface area contributed by atoms with Crippen LogP contribution in [-0.4, -0.2) is 59.6 Å². The Bertz CT molecular complexity index is 269. The van der Waals surface area contributed by atoms with Crippen molar-refractivity contribution in [3.63, 3.8) is 0 Å². The average molecular weight is 260 g/mol. The first-order chi connectivity index (χ1) is 8.13. The van der Waals surface area contributed by atoms with Crippen LogP contribution in [0.15, 0.2) is 0 Å². The van der Waals surface area contributed by atoms with Crippen LogP contribution in [0, 0.1) is 0 Å². The molecule has 98 valence electrons. The highest BCUT2D eigenvalue weighted by Gasteiger charge is 2.24. The summed E-state index contributed by atoms with van der Waals surface area (Å²) >= 11 is 1.48. The van der Waals surface area contributed by atoms with E-state index in [0.717, 1.165) is 18.6 Å². The maximum Gasteiger partial charge on any atom is 0.239 e. The average Bonchev–Trinajstić information content (AvgIpc) is 3.07. The van der Waals surface area contributed by atoms with E-state index in [4.69, 9.17) is 5.11 Å². The lowest BCUT2D eigenvalue weighted by molar-refractivity contribution is -0.132. The van der Waals surface area contributed by atoms with E-state index < -0.39 is 0 Å². The molecule has 17 heavy (non-hydrogen) atoms. The zero-order chi connectivity index (χ0) is 12.7. The highest BCUT2D eigenvalue weighted by Crippen LogP contribution is 2.18. The Labute approximate surface area is 106 Å². The van der Waals surface area contributed by atoms with Crippen molar-refractivity contribution >= 4 is 23.6 Å².